The summed E-state index contributed by atoms with van der Waals surface area (Å²) in [6.07, 6.45) is 2.28. The van der Waals surface area contributed by atoms with Gasteiger partial charge in [-0.25, -0.2) is 0 Å². The van der Waals surface area contributed by atoms with Crippen molar-refractivity contribution in [2.75, 3.05) is 6.54 Å². The van der Waals surface area contributed by atoms with Crippen molar-refractivity contribution in [2.24, 2.45) is 0 Å². The largest absolute Gasteiger partial charge is 0.352 e. The Labute approximate surface area is 102 Å². The molecule has 0 fully saturated rings. The highest BCUT2D eigenvalue weighted by atomic mass is 32.1. The van der Waals surface area contributed by atoms with Crippen LogP contribution in [0.25, 0.3) is 0 Å². The van der Waals surface area contributed by atoms with Gasteiger partial charge in [0.15, 0.2) is 0 Å². The highest BCUT2D eigenvalue weighted by Crippen LogP contribution is 2.05. The zero-order chi connectivity index (χ0) is 12.1. The summed E-state index contributed by atoms with van der Waals surface area (Å²) in [4.78, 5) is 25.5. The lowest BCUT2D eigenvalue weighted by Crippen LogP contribution is -2.30. The quantitative estimate of drug-likeness (QED) is 0.859. The van der Waals surface area contributed by atoms with E-state index in [1.165, 1.54) is 17.8 Å². The third kappa shape index (κ3) is 3.04. The molecule has 2 aromatic heterocycles. The van der Waals surface area contributed by atoms with Gasteiger partial charge in [0.2, 0.25) is 0 Å². The Balaban J connectivity index is 1.90. The predicted octanol–water partition coefficient (Wildman–Crippen LogP) is 1.41. The molecule has 2 rings (SSSR count). The van der Waals surface area contributed by atoms with Crippen LogP contribution in [-0.2, 0) is 6.42 Å². The van der Waals surface area contributed by atoms with E-state index in [0.29, 0.717) is 6.54 Å². The second-order valence-corrected chi connectivity index (χ2v) is 4.33. The summed E-state index contributed by atoms with van der Waals surface area (Å²) in [6, 6.07) is 5.17. The topological polar surface area (TPSA) is 62.0 Å². The average Bonchev–Trinajstić information content (AvgIpc) is 2.82. The van der Waals surface area contributed by atoms with Crippen LogP contribution in [0.1, 0.15) is 15.9 Å². The molecule has 0 bridgehead atoms. The van der Waals surface area contributed by atoms with E-state index >= 15 is 0 Å². The van der Waals surface area contributed by atoms with Gasteiger partial charge in [-0.1, -0.05) is 0 Å². The van der Waals surface area contributed by atoms with Crippen molar-refractivity contribution in [2.45, 2.75) is 6.42 Å². The van der Waals surface area contributed by atoms with Gasteiger partial charge in [0.25, 0.3) is 11.5 Å². The number of carbonyl (C=O) groups is 1. The van der Waals surface area contributed by atoms with Gasteiger partial charge in [-0.2, -0.15) is 11.3 Å². The molecular weight excluding hydrogens is 236 g/mol. The van der Waals surface area contributed by atoms with Crippen molar-refractivity contribution >= 4 is 17.2 Å². The van der Waals surface area contributed by atoms with Crippen LogP contribution in [0.3, 0.4) is 0 Å². The van der Waals surface area contributed by atoms with Gasteiger partial charge in [0.1, 0.15) is 5.56 Å². The summed E-state index contributed by atoms with van der Waals surface area (Å²) in [6.45, 7) is 0.532. The van der Waals surface area contributed by atoms with Crippen molar-refractivity contribution in [3.8, 4) is 0 Å². The van der Waals surface area contributed by atoms with Crippen LogP contribution in [0.2, 0.25) is 0 Å². The van der Waals surface area contributed by atoms with Crippen molar-refractivity contribution in [3.63, 3.8) is 0 Å². The maximum Gasteiger partial charge on any atom is 0.260 e. The number of hydrogen-bond acceptors (Lipinski definition) is 3. The Kier molecular flexibility index (Phi) is 3.72. The molecule has 0 aliphatic heterocycles. The van der Waals surface area contributed by atoms with E-state index in [2.05, 4.69) is 10.3 Å². The van der Waals surface area contributed by atoms with Crippen LogP contribution >= 0.6 is 11.3 Å². The van der Waals surface area contributed by atoms with E-state index in [1.807, 2.05) is 16.8 Å². The summed E-state index contributed by atoms with van der Waals surface area (Å²) in [7, 11) is 0. The maximum absolute atomic E-state index is 11.7. The molecule has 0 aliphatic rings. The number of thiophene rings is 1. The lowest BCUT2D eigenvalue weighted by Gasteiger charge is -2.03. The second kappa shape index (κ2) is 5.45. The Morgan fingerprint density at radius 3 is 3.00 bits per heavy atom. The highest BCUT2D eigenvalue weighted by Gasteiger charge is 2.08. The number of aromatic nitrogens is 1. The lowest BCUT2D eigenvalue weighted by molar-refractivity contribution is 0.0952. The van der Waals surface area contributed by atoms with Crippen LogP contribution < -0.4 is 10.9 Å². The van der Waals surface area contributed by atoms with Gasteiger partial charge >= 0.3 is 0 Å². The van der Waals surface area contributed by atoms with E-state index in [0.717, 1.165) is 6.42 Å². The molecule has 0 aliphatic carbocycles. The minimum Gasteiger partial charge on any atom is -0.352 e. The molecule has 5 heteroatoms. The van der Waals surface area contributed by atoms with Gasteiger partial charge in [0.05, 0.1) is 0 Å². The first-order valence-electron chi connectivity index (χ1n) is 5.24. The molecule has 0 atom stereocenters. The molecule has 0 radical (unpaired) electrons. The molecule has 0 aromatic carbocycles. The van der Waals surface area contributed by atoms with Crippen LogP contribution in [0.15, 0.2) is 40.0 Å². The molecule has 88 valence electrons. The monoisotopic (exact) mass is 248 g/mol. The zero-order valence-electron chi connectivity index (χ0n) is 9.10. The number of pyridine rings is 1. The first-order valence-corrected chi connectivity index (χ1v) is 6.18. The van der Waals surface area contributed by atoms with Crippen LogP contribution in [0.5, 0.6) is 0 Å². The van der Waals surface area contributed by atoms with Gasteiger partial charge in [-0.05, 0) is 40.9 Å². The second-order valence-electron chi connectivity index (χ2n) is 3.55. The normalized spacial score (nSPS) is 10.1. The number of aromatic amines is 1. The number of carbonyl (C=O) groups excluding carboxylic acids is 1. The van der Waals surface area contributed by atoms with E-state index in [1.54, 1.807) is 17.4 Å². The van der Waals surface area contributed by atoms with Gasteiger partial charge in [0, 0.05) is 12.7 Å². The number of nitrogens with one attached hydrogen (secondary N) is 2. The lowest BCUT2D eigenvalue weighted by atomic mass is 10.2. The Hall–Kier alpha value is -1.88. The summed E-state index contributed by atoms with van der Waals surface area (Å²) in [5, 5.41) is 6.77. The van der Waals surface area contributed by atoms with Gasteiger partial charge < -0.3 is 10.3 Å². The smallest absolute Gasteiger partial charge is 0.260 e. The summed E-state index contributed by atoms with van der Waals surface area (Å²) in [5.74, 6) is -0.331. The summed E-state index contributed by atoms with van der Waals surface area (Å²) in [5.41, 5.74) is 0.982. The third-order valence-corrected chi connectivity index (χ3v) is 3.07. The molecule has 1 amide bonds. The number of H-pyrrole nitrogens is 1. The van der Waals surface area contributed by atoms with E-state index in [-0.39, 0.29) is 17.0 Å². The minimum atomic E-state index is -0.361. The number of hydrogen-bond donors (Lipinski definition) is 2. The standard InChI is InChI=1S/C12H12N2O2S/c15-11-10(2-1-5-13-11)12(16)14-6-3-9-4-7-17-8-9/h1-2,4-5,7-8H,3,6H2,(H,13,15)(H,14,16). The molecule has 2 N–H and O–H groups in total. The van der Waals surface area contributed by atoms with Crippen LogP contribution in [0.4, 0.5) is 0 Å². The van der Waals surface area contributed by atoms with Crippen molar-refractivity contribution < 1.29 is 4.79 Å². The van der Waals surface area contributed by atoms with Crippen molar-refractivity contribution in [1.29, 1.82) is 0 Å². The molecule has 0 saturated heterocycles. The zero-order valence-corrected chi connectivity index (χ0v) is 9.92. The predicted molar refractivity (Wildman–Crippen MR) is 67.4 cm³/mol. The van der Waals surface area contributed by atoms with Crippen LogP contribution in [0, 0.1) is 0 Å². The Morgan fingerprint density at radius 2 is 2.29 bits per heavy atom. The van der Waals surface area contributed by atoms with E-state index in [9.17, 15) is 9.59 Å². The van der Waals surface area contributed by atoms with Gasteiger partial charge in [-0.15, -0.1) is 0 Å². The maximum atomic E-state index is 11.7. The number of rotatable bonds is 4. The summed E-state index contributed by atoms with van der Waals surface area (Å²) < 4.78 is 0. The molecule has 4 nitrogen and oxygen atoms in total. The SMILES string of the molecule is O=C(NCCc1ccsc1)c1ccc[nH]c1=O. The van der Waals surface area contributed by atoms with Crippen molar-refractivity contribution in [3.05, 3.63) is 56.6 Å². The molecule has 2 aromatic rings. The molecule has 0 saturated carbocycles. The van der Waals surface area contributed by atoms with E-state index < -0.39 is 0 Å². The molecular formula is C12H12N2O2S. The summed E-state index contributed by atoms with van der Waals surface area (Å²) >= 11 is 1.63. The fourth-order valence-electron chi connectivity index (χ4n) is 1.45. The van der Waals surface area contributed by atoms with E-state index in [4.69, 9.17) is 0 Å². The fourth-order valence-corrected chi connectivity index (χ4v) is 2.15. The van der Waals surface area contributed by atoms with Gasteiger partial charge in [-0.3, -0.25) is 9.59 Å². The fraction of sp³-hybridized carbons (Fsp3) is 0.167. The first-order chi connectivity index (χ1) is 8.27. The molecule has 0 unspecified atom stereocenters. The average molecular weight is 248 g/mol. The minimum absolute atomic E-state index is 0.151. The first kappa shape index (κ1) is 11.6. The Morgan fingerprint density at radius 1 is 1.41 bits per heavy atom. The Bertz CT molecular complexity index is 546. The number of amides is 1. The third-order valence-electron chi connectivity index (χ3n) is 2.34. The highest BCUT2D eigenvalue weighted by molar-refractivity contribution is 7.07. The van der Waals surface area contributed by atoms with Crippen molar-refractivity contribution in [1.82, 2.24) is 10.3 Å². The van der Waals surface area contributed by atoms with Crippen LogP contribution in [-0.4, -0.2) is 17.4 Å². The molecule has 17 heavy (non-hydrogen) atoms. The molecule has 0 spiro atoms. The molecule has 2 heterocycles.